The third-order valence-corrected chi connectivity index (χ3v) is 4.32. The second kappa shape index (κ2) is 6.31. The van der Waals surface area contributed by atoms with E-state index in [2.05, 4.69) is 15.9 Å². The third kappa shape index (κ3) is 4.16. The van der Waals surface area contributed by atoms with Gasteiger partial charge in [0, 0.05) is 10.0 Å². The highest BCUT2D eigenvalue weighted by molar-refractivity contribution is 9.10. The Labute approximate surface area is 134 Å². The molecule has 0 aliphatic heterocycles. The van der Waals surface area contributed by atoms with Crippen LogP contribution < -0.4 is 9.88 Å². The first-order valence-electron chi connectivity index (χ1n) is 5.66. The fraction of sp³-hybridized carbons (Fsp3) is 0.0769. The minimum atomic E-state index is -3.83. The molecule has 2 rings (SSSR count). The van der Waals surface area contributed by atoms with E-state index in [4.69, 9.17) is 21.5 Å². The van der Waals surface area contributed by atoms with E-state index in [1.807, 2.05) is 0 Å². The van der Waals surface area contributed by atoms with E-state index in [0.717, 1.165) is 4.47 Å². The van der Waals surface area contributed by atoms with E-state index >= 15 is 0 Å². The molecule has 21 heavy (non-hydrogen) atoms. The molecule has 2 aromatic rings. The average molecular weight is 395 g/mol. The maximum absolute atomic E-state index is 13.6. The zero-order valence-corrected chi connectivity index (χ0v) is 13.7. The molecule has 0 aliphatic carbocycles. The molecule has 0 bridgehead atoms. The van der Waals surface area contributed by atoms with Crippen LogP contribution >= 0.6 is 27.5 Å². The minimum Gasteiger partial charge on any atom is -0.487 e. The lowest BCUT2D eigenvalue weighted by Gasteiger charge is -2.10. The lowest BCUT2D eigenvalue weighted by Crippen LogP contribution is -2.12. The lowest BCUT2D eigenvalue weighted by molar-refractivity contribution is 0.299. The predicted molar refractivity (Wildman–Crippen MR) is 81.3 cm³/mol. The fourth-order valence-electron chi connectivity index (χ4n) is 1.59. The normalized spacial score (nSPS) is 11.4. The Morgan fingerprint density at radius 2 is 1.95 bits per heavy atom. The number of hydrogen-bond donors (Lipinski definition) is 1. The van der Waals surface area contributed by atoms with Crippen LogP contribution in [0.15, 0.2) is 45.8 Å². The average Bonchev–Trinajstić information content (AvgIpc) is 2.40. The van der Waals surface area contributed by atoms with Crippen molar-refractivity contribution >= 4 is 37.6 Å². The maximum Gasteiger partial charge on any atom is 0.238 e. The molecule has 4 nitrogen and oxygen atoms in total. The van der Waals surface area contributed by atoms with Crippen molar-refractivity contribution in [1.29, 1.82) is 0 Å². The fourth-order valence-corrected chi connectivity index (χ4v) is 2.83. The highest BCUT2D eigenvalue weighted by Crippen LogP contribution is 2.28. The topological polar surface area (TPSA) is 69.4 Å². The lowest BCUT2D eigenvalue weighted by atomic mass is 10.2. The molecule has 0 saturated carbocycles. The van der Waals surface area contributed by atoms with Gasteiger partial charge in [0.25, 0.3) is 0 Å². The number of primary sulfonamides is 1. The van der Waals surface area contributed by atoms with Crippen LogP contribution in [-0.4, -0.2) is 8.42 Å². The van der Waals surface area contributed by atoms with Gasteiger partial charge in [-0.25, -0.2) is 17.9 Å². The van der Waals surface area contributed by atoms with Crippen LogP contribution in [0.25, 0.3) is 0 Å². The Kier molecular flexibility index (Phi) is 4.88. The summed E-state index contributed by atoms with van der Waals surface area (Å²) in [6, 6.07) is 8.30. The molecule has 2 aromatic carbocycles. The molecule has 0 radical (unpaired) electrons. The summed E-state index contributed by atoms with van der Waals surface area (Å²) in [7, 11) is -3.83. The molecular weight excluding hydrogens is 385 g/mol. The summed E-state index contributed by atoms with van der Waals surface area (Å²) in [5.74, 6) is -0.168. The van der Waals surface area contributed by atoms with Crippen molar-refractivity contribution in [2.75, 3.05) is 0 Å². The molecule has 0 aromatic heterocycles. The Morgan fingerprint density at radius 3 is 2.57 bits per heavy atom. The predicted octanol–water partition coefficient (Wildman–Crippen LogP) is 3.47. The number of benzene rings is 2. The summed E-state index contributed by atoms with van der Waals surface area (Å²) in [6.07, 6.45) is 0. The quantitative estimate of drug-likeness (QED) is 0.863. The van der Waals surface area contributed by atoms with Gasteiger partial charge >= 0.3 is 0 Å². The third-order valence-electron chi connectivity index (χ3n) is 2.62. The van der Waals surface area contributed by atoms with Crippen molar-refractivity contribution in [3.05, 3.63) is 57.3 Å². The van der Waals surface area contributed by atoms with Gasteiger partial charge in [0.15, 0.2) is 0 Å². The smallest absolute Gasteiger partial charge is 0.238 e. The Morgan fingerprint density at radius 1 is 1.24 bits per heavy atom. The van der Waals surface area contributed by atoms with Gasteiger partial charge in [-0.05, 0) is 36.4 Å². The number of halogens is 3. The van der Waals surface area contributed by atoms with Gasteiger partial charge in [0.2, 0.25) is 10.0 Å². The molecule has 8 heteroatoms. The number of sulfonamides is 1. The second-order valence-corrected chi connectivity index (χ2v) is 7.05. The maximum atomic E-state index is 13.6. The summed E-state index contributed by atoms with van der Waals surface area (Å²) in [6.45, 7) is -0.0419. The summed E-state index contributed by atoms with van der Waals surface area (Å²) in [5.41, 5.74) is 0.343. The van der Waals surface area contributed by atoms with Gasteiger partial charge in [-0.2, -0.15) is 0 Å². The van der Waals surface area contributed by atoms with Gasteiger partial charge in [-0.1, -0.05) is 27.5 Å². The SMILES string of the molecule is NS(=O)(=O)c1ccc(OCc2cc(Br)ccc2F)c(Cl)c1. The zero-order chi connectivity index (χ0) is 15.6. The van der Waals surface area contributed by atoms with Crippen LogP contribution in [0.4, 0.5) is 4.39 Å². The summed E-state index contributed by atoms with van der Waals surface area (Å²) in [4.78, 5) is -0.117. The highest BCUT2D eigenvalue weighted by Gasteiger charge is 2.12. The van der Waals surface area contributed by atoms with Crippen LogP contribution in [0, 0.1) is 5.82 Å². The molecule has 0 saturated heterocycles. The molecule has 0 unspecified atom stereocenters. The molecule has 0 heterocycles. The van der Waals surface area contributed by atoms with Gasteiger partial charge < -0.3 is 4.74 Å². The standard InChI is InChI=1S/C13H10BrClFNO3S/c14-9-1-3-12(16)8(5-9)7-20-13-4-2-10(6-11(13)15)21(17,18)19/h1-6H,7H2,(H2,17,18,19). The highest BCUT2D eigenvalue weighted by atomic mass is 79.9. The van der Waals surface area contributed by atoms with Crippen molar-refractivity contribution in [2.24, 2.45) is 5.14 Å². The molecule has 0 aliphatic rings. The van der Waals surface area contributed by atoms with Gasteiger partial charge in [0.05, 0.1) is 9.92 Å². The van der Waals surface area contributed by atoms with Crippen molar-refractivity contribution in [2.45, 2.75) is 11.5 Å². The number of nitrogens with two attached hydrogens (primary N) is 1. The molecular formula is C13H10BrClFNO3S. The zero-order valence-electron chi connectivity index (χ0n) is 10.5. The Hall–Kier alpha value is -1.15. The van der Waals surface area contributed by atoms with Crippen molar-refractivity contribution < 1.29 is 17.5 Å². The monoisotopic (exact) mass is 393 g/mol. The first-order valence-corrected chi connectivity index (χ1v) is 8.38. The molecule has 0 spiro atoms. The van der Waals surface area contributed by atoms with E-state index in [-0.39, 0.29) is 22.3 Å². The van der Waals surface area contributed by atoms with E-state index in [1.165, 1.54) is 24.3 Å². The Bertz CT molecular complexity index is 783. The van der Waals surface area contributed by atoms with Crippen LogP contribution in [0.2, 0.25) is 5.02 Å². The van der Waals surface area contributed by atoms with E-state index < -0.39 is 15.8 Å². The molecule has 2 N–H and O–H groups in total. The molecule has 0 amide bonds. The van der Waals surface area contributed by atoms with E-state index in [1.54, 1.807) is 12.1 Å². The van der Waals surface area contributed by atoms with Crippen LogP contribution in [0.5, 0.6) is 5.75 Å². The van der Waals surface area contributed by atoms with Gasteiger partial charge in [-0.15, -0.1) is 0 Å². The number of rotatable bonds is 4. The minimum absolute atomic E-state index is 0.0419. The first-order chi connectivity index (χ1) is 9.77. The van der Waals surface area contributed by atoms with E-state index in [0.29, 0.717) is 5.56 Å². The van der Waals surface area contributed by atoms with Crippen LogP contribution in [-0.2, 0) is 16.6 Å². The van der Waals surface area contributed by atoms with Crippen molar-refractivity contribution in [1.82, 2.24) is 0 Å². The number of hydrogen-bond acceptors (Lipinski definition) is 3. The summed E-state index contributed by atoms with van der Waals surface area (Å²) < 4.78 is 42.0. The number of ether oxygens (including phenoxy) is 1. The molecule has 112 valence electrons. The van der Waals surface area contributed by atoms with Crippen LogP contribution in [0.1, 0.15) is 5.56 Å². The second-order valence-electron chi connectivity index (χ2n) is 4.16. The molecule has 0 atom stereocenters. The van der Waals surface area contributed by atoms with Gasteiger partial charge in [0.1, 0.15) is 18.2 Å². The van der Waals surface area contributed by atoms with E-state index in [9.17, 15) is 12.8 Å². The largest absolute Gasteiger partial charge is 0.487 e. The van der Waals surface area contributed by atoms with Crippen LogP contribution in [0.3, 0.4) is 0 Å². The van der Waals surface area contributed by atoms with Gasteiger partial charge in [-0.3, -0.25) is 0 Å². The van der Waals surface area contributed by atoms with Crippen molar-refractivity contribution in [3.63, 3.8) is 0 Å². The summed E-state index contributed by atoms with van der Waals surface area (Å²) >= 11 is 9.16. The Balaban J connectivity index is 2.19. The summed E-state index contributed by atoms with van der Waals surface area (Å²) in [5, 5.41) is 5.08. The molecule has 0 fully saturated rings. The first kappa shape index (κ1) is 16.2. The van der Waals surface area contributed by atoms with Crippen molar-refractivity contribution in [3.8, 4) is 5.75 Å².